The van der Waals surface area contributed by atoms with E-state index >= 15 is 0 Å². The third-order valence-corrected chi connectivity index (χ3v) is 4.03. The van der Waals surface area contributed by atoms with Crippen molar-refractivity contribution in [3.8, 4) is 0 Å². The maximum absolute atomic E-state index is 12.3. The van der Waals surface area contributed by atoms with Crippen LogP contribution in [0.5, 0.6) is 0 Å². The number of amides is 1. The number of hydrogen-bond acceptors (Lipinski definition) is 3. The van der Waals surface area contributed by atoms with Crippen LogP contribution in [0.25, 0.3) is 6.08 Å². The van der Waals surface area contributed by atoms with Crippen molar-refractivity contribution in [1.82, 2.24) is 4.98 Å². The topological polar surface area (TPSA) is 79.3 Å². The number of carboxylic acids is 1. The Bertz CT molecular complexity index is 579. The van der Waals surface area contributed by atoms with Crippen LogP contribution >= 0.6 is 0 Å². The molecule has 1 atom stereocenters. The molecule has 0 saturated heterocycles. The molecule has 1 heterocycles. The third kappa shape index (κ3) is 3.90. The molecule has 1 aromatic heterocycles. The number of carboxylic acid groups (broad SMARTS) is 1. The van der Waals surface area contributed by atoms with E-state index in [1.54, 1.807) is 18.3 Å². The molecule has 2 rings (SSSR count). The Labute approximate surface area is 124 Å². The van der Waals surface area contributed by atoms with Crippen molar-refractivity contribution in [1.29, 1.82) is 0 Å². The molecule has 0 bridgehead atoms. The summed E-state index contributed by atoms with van der Waals surface area (Å²) in [5.74, 6) is -0.567. The number of aromatic nitrogens is 1. The summed E-state index contributed by atoms with van der Waals surface area (Å²) in [5.41, 5.74) is 0.707. The fourth-order valence-electron chi connectivity index (χ4n) is 2.81. The highest BCUT2D eigenvalue weighted by molar-refractivity contribution is 5.92. The van der Waals surface area contributed by atoms with Gasteiger partial charge in [0.1, 0.15) is 5.82 Å². The average molecular weight is 288 g/mol. The molecule has 2 N–H and O–H groups in total. The number of carbonyl (C=O) groups excluding carboxylic acids is 1. The molecule has 0 aromatic carbocycles. The van der Waals surface area contributed by atoms with Gasteiger partial charge in [0.2, 0.25) is 5.91 Å². The van der Waals surface area contributed by atoms with Crippen molar-refractivity contribution < 1.29 is 14.7 Å². The Morgan fingerprint density at radius 1 is 1.48 bits per heavy atom. The fraction of sp³-hybridized carbons (Fsp3) is 0.438. The van der Waals surface area contributed by atoms with E-state index in [1.807, 2.05) is 0 Å². The average Bonchev–Trinajstić information content (AvgIpc) is 2.76. The lowest BCUT2D eigenvalue weighted by Crippen LogP contribution is -2.31. The van der Waals surface area contributed by atoms with Crippen LogP contribution < -0.4 is 5.32 Å². The number of nitrogens with zero attached hydrogens (tertiary/aromatic N) is 1. The van der Waals surface area contributed by atoms with Gasteiger partial charge in [-0.3, -0.25) is 4.79 Å². The quantitative estimate of drug-likeness (QED) is 0.835. The zero-order chi connectivity index (χ0) is 15.5. The molecule has 5 nitrogen and oxygen atoms in total. The highest BCUT2D eigenvalue weighted by atomic mass is 16.4. The van der Waals surface area contributed by atoms with Crippen molar-refractivity contribution in [2.24, 2.45) is 11.3 Å². The molecule has 5 heteroatoms. The number of aliphatic carboxylic acids is 1. The highest BCUT2D eigenvalue weighted by Crippen LogP contribution is 2.42. The van der Waals surface area contributed by atoms with Gasteiger partial charge in [0, 0.05) is 18.2 Å². The van der Waals surface area contributed by atoms with Crippen LogP contribution in [0.3, 0.4) is 0 Å². The van der Waals surface area contributed by atoms with Gasteiger partial charge in [-0.2, -0.15) is 0 Å². The van der Waals surface area contributed by atoms with Crippen LogP contribution in [0.4, 0.5) is 5.82 Å². The van der Waals surface area contributed by atoms with E-state index in [2.05, 4.69) is 24.1 Å². The Morgan fingerprint density at radius 2 is 2.24 bits per heavy atom. The zero-order valence-electron chi connectivity index (χ0n) is 12.3. The Kier molecular flexibility index (Phi) is 4.40. The Morgan fingerprint density at radius 3 is 2.86 bits per heavy atom. The predicted octanol–water partition coefficient (Wildman–Crippen LogP) is 2.94. The van der Waals surface area contributed by atoms with Gasteiger partial charge < -0.3 is 10.4 Å². The maximum atomic E-state index is 12.3. The smallest absolute Gasteiger partial charge is 0.328 e. The lowest BCUT2D eigenvalue weighted by Gasteiger charge is -2.25. The van der Waals surface area contributed by atoms with E-state index in [1.165, 1.54) is 6.08 Å². The van der Waals surface area contributed by atoms with Crippen molar-refractivity contribution in [2.75, 3.05) is 5.32 Å². The Hall–Kier alpha value is -2.17. The molecular weight excluding hydrogens is 268 g/mol. The number of hydrogen-bond donors (Lipinski definition) is 2. The normalized spacial score (nSPS) is 20.6. The van der Waals surface area contributed by atoms with Crippen LogP contribution in [0.2, 0.25) is 0 Å². The summed E-state index contributed by atoms with van der Waals surface area (Å²) in [6.07, 6.45) is 7.11. The first kappa shape index (κ1) is 15.2. The second-order valence-corrected chi connectivity index (χ2v) is 6.07. The van der Waals surface area contributed by atoms with E-state index in [-0.39, 0.29) is 17.2 Å². The highest BCUT2D eigenvalue weighted by Gasteiger charge is 2.39. The summed E-state index contributed by atoms with van der Waals surface area (Å²) in [6, 6.07) is 3.36. The minimum atomic E-state index is -1.01. The van der Waals surface area contributed by atoms with Gasteiger partial charge in [-0.05, 0) is 42.0 Å². The second-order valence-electron chi connectivity index (χ2n) is 6.07. The zero-order valence-corrected chi connectivity index (χ0v) is 12.3. The summed E-state index contributed by atoms with van der Waals surface area (Å²) in [7, 11) is 0. The monoisotopic (exact) mass is 288 g/mol. The molecule has 1 fully saturated rings. The summed E-state index contributed by atoms with van der Waals surface area (Å²) in [6.45, 7) is 4.23. The lowest BCUT2D eigenvalue weighted by molar-refractivity contribution is -0.131. The van der Waals surface area contributed by atoms with Crippen LogP contribution in [-0.2, 0) is 9.59 Å². The van der Waals surface area contributed by atoms with Gasteiger partial charge in [0.05, 0.1) is 0 Å². The first-order valence-corrected chi connectivity index (χ1v) is 7.06. The van der Waals surface area contributed by atoms with Gasteiger partial charge in [-0.25, -0.2) is 9.78 Å². The molecule has 1 unspecified atom stereocenters. The van der Waals surface area contributed by atoms with E-state index < -0.39 is 5.97 Å². The number of nitrogens with one attached hydrogen (secondary N) is 1. The maximum Gasteiger partial charge on any atom is 0.328 e. The minimum Gasteiger partial charge on any atom is -0.478 e. The summed E-state index contributed by atoms with van der Waals surface area (Å²) in [5, 5.41) is 11.5. The van der Waals surface area contributed by atoms with Gasteiger partial charge in [0.25, 0.3) is 0 Å². The van der Waals surface area contributed by atoms with Gasteiger partial charge >= 0.3 is 5.97 Å². The fourth-order valence-corrected chi connectivity index (χ4v) is 2.81. The van der Waals surface area contributed by atoms with Gasteiger partial charge in [-0.1, -0.05) is 20.3 Å². The second kappa shape index (κ2) is 6.08. The van der Waals surface area contributed by atoms with E-state index in [0.717, 1.165) is 25.3 Å². The van der Waals surface area contributed by atoms with Crippen molar-refractivity contribution in [3.63, 3.8) is 0 Å². The van der Waals surface area contributed by atoms with Crippen molar-refractivity contribution >= 4 is 23.8 Å². The van der Waals surface area contributed by atoms with Crippen LogP contribution in [0.15, 0.2) is 24.4 Å². The predicted molar refractivity (Wildman–Crippen MR) is 80.7 cm³/mol. The molecule has 112 valence electrons. The number of anilines is 1. The van der Waals surface area contributed by atoms with Crippen LogP contribution in [-0.4, -0.2) is 22.0 Å². The first-order chi connectivity index (χ1) is 9.88. The van der Waals surface area contributed by atoms with E-state index in [9.17, 15) is 9.59 Å². The lowest BCUT2D eigenvalue weighted by atomic mass is 9.81. The van der Waals surface area contributed by atoms with Crippen molar-refractivity contribution in [2.45, 2.75) is 33.1 Å². The molecular formula is C16H20N2O3. The summed E-state index contributed by atoms with van der Waals surface area (Å²) in [4.78, 5) is 27.0. The molecule has 0 spiro atoms. The number of carbonyl (C=O) groups is 2. The summed E-state index contributed by atoms with van der Waals surface area (Å²) >= 11 is 0. The van der Waals surface area contributed by atoms with Gasteiger partial charge in [-0.15, -0.1) is 0 Å². The molecule has 1 aromatic rings. The van der Waals surface area contributed by atoms with Crippen LogP contribution in [0.1, 0.15) is 38.7 Å². The number of pyridine rings is 1. The first-order valence-electron chi connectivity index (χ1n) is 7.06. The van der Waals surface area contributed by atoms with Crippen LogP contribution in [0, 0.1) is 11.3 Å². The van der Waals surface area contributed by atoms with Crippen molar-refractivity contribution in [3.05, 3.63) is 30.0 Å². The molecule has 21 heavy (non-hydrogen) atoms. The SMILES string of the molecule is CC1(C)CCCC1C(=O)Nc1cc(/C=C/C(=O)O)ccn1. The van der Waals surface area contributed by atoms with Gasteiger partial charge in [0.15, 0.2) is 0 Å². The third-order valence-electron chi connectivity index (χ3n) is 4.03. The standard InChI is InChI=1S/C16H20N2O3/c1-16(2)8-3-4-12(16)15(21)18-13-10-11(7-9-17-13)5-6-14(19)20/h5-7,9-10,12H,3-4,8H2,1-2H3,(H,19,20)(H,17,18,21)/b6-5+. The largest absolute Gasteiger partial charge is 0.478 e. The minimum absolute atomic E-state index is 0.00230. The van der Waals surface area contributed by atoms with E-state index in [4.69, 9.17) is 5.11 Å². The molecule has 0 radical (unpaired) electrons. The molecule has 0 aliphatic heterocycles. The molecule has 1 amide bonds. The summed E-state index contributed by atoms with van der Waals surface area (Å²) < 4.78 is 0. The molecule has 1 saturated carbocycles. The molecule has 1 aliphatic carbocycles. The number of rotatable bonds is 4. The molecule has 1 aliphatic rings. The van der Waals surface area contributed by atoms with E-state index in [0.29, 0.717) is 11.4 Å². The Balaban J connectivity index is 2.08.